The topological polar surface area (TPSA) is 26.3 Å². The second-order valence-electron chi connectivity index (χ2n) is 3.54. The van der Waals surface area contributed by atoms with Gasteiger partial charge in [-0.25, -0.2) is 0 Å². The lowest BCUT2D eigenvalue weighted by atomic mass is 10.2. The molecule has 90 valence electrons. The van der Waals surface area contributed by atoms with Gasteiger partial charge in [0.1, 0.15) is 0 Å². The first kappa shape index (κ1) is 13.2. The van der Waals surface area contributed by atoms with Gasteiger partial charge in [0.2, 0.25) is 0 Å². The maximum Gasteiger partial charge on any atom is 0.306 e. The SMILES string of the molecule is CCOC(=O)CC/C=C/C=C/c1ccccc1. The molecule has 0 atom stereocenters. The molecule has 0 amide bonds. The van der Waals surface area contributed by atoms with Gasteiger partial charge in [-0.15, -0.1) is 0 Å². The fourth-order valence-corrected chi connectivity index (χ4v) is 1.34. The maximum absolute atomic E-state index is 11.0. The zero-order valence-electron chi connectivity index (χ0n) is 10.1. The van der Waals surface area contributed by atoms with Crippen molar-refractivity contribution in [3.05, 3.63) is 54.1 Å². The third kappa shape index (κ3) is 6.36. The molecule has 2 nitrogen and oxygen atoms in total. The summed E-state index contributed by atoms with van der Waals surface area (Å²) >= 11 is 0. The van der Waals surface area contributed by atoms with E-state index in [1.165, 1.54) is 5.56 Å². The van der Waals surface area contributed by atoms with E-state index < -0.39 is 0 Å². The van der Waals surface area contributed by atoms with Crippen LogP contribution in [0.25, 0.3) is 6.08 Å². The summed E-state index contributed by atoms with van der Waals surface area (Å²) in [5, 5.41) is 0. The van der Waals surface area contributed by atoms with Crippen molar-refractivity contribution in [1.29, 1.82) is 0 Å². The van der Waals surface area contributed by atoms with Crippen LogP contribution in [0.15, 0.2) is 48.6 Å². The van der Waals surface area contributed by atoms with Gasteiger partial charge in [-0.3, -0.25) is 4.79 Å². The number of esters is 1. The summed E-state index contributed by atoms with van der Waals surface area (Å²) in [7, 11) is 0. The van der Waals surface area contributed by atoms with Gasteiger partial charge in [0.05, 0.1) is 6.61 Å². The number of benzene rings is 1. The highest BCUT2D eigenvalue weighted by atomic mass is 16.5. The summed E-state index contributed by atoms with van der Waals surface area (Å²) < 4.78 is 4.83. The summed E-state index contributed by atoms with van der Waals surface area (Å²) in [6, 6.07) is 10.1. The summed E-state index contributed by atoms with van der Waals surface area (Å²) in [5.41, 5.74) is 1.17. The average molecular weight is 230 g/mol. The Labute approximate surface area is 103 Å². The summed E-state index contributed by atoms with van der Waals surface area (Å²) in [6.07, 6.45) is 9.09. The van der Waals surface area contributed by atoms with Crippen LogP contribution in [0.4, 0.5) is 0 Å². The molecule has 0 saturated carbocycles. The minimum atomic E-state index is -0.135. The Morgan fingerprint density at radius 1 is 1.24 bits per heavy atom. The van der Waals surface area contributed by atoms with E-state index in [0.29, 0.717) is 13.0 Å². The van der Waals surface area contributed by atoms with Crippen LogP contribution >= 0.6 is 0 Å². The number of rotatable bonds is 6. The predicted molar refractivity (Wildman–Crippen MR) is 70.5 cm³/mol. The Kier molecular flexibility index (Phi) is 6.49. The van der Waals surface area contributed by atoms with E-state index in [2.05, 4.69) is 0 Å². The molecule has 0 spiro atoms. The lowest BCUT2D eigenvalue weighted by Gasteiger charge is -1.97. The van der Waals surface area contributed by atoms with Crippen molar-refractivity contribution in [3.8, 4) is 0 Å². The highest BCUT2D eigenvalue weighted by Gasteiger charge is 1.97. The van der Waals surface area contributed by atoms with E-state index in [0.717, 1.165) is 6.42 Å². The van der Waals surface area contributed by atoms with Gasteiger partial charge in [-0.2, -0.15) is 0 Å². The van der Waals surface area contributed by atoms with Crippen LogP contribution in [-0.2, 0) is 9.53 Å². The molecule has 0 aliphatic heterocycles. The van der Waals surface area contributed by atoms with Gasteiger partial charge in [0.25, 0.3) is 0 Å². The maximum atomic E-state index is 11.0. The number of hydrogen-bond acceptors (Lipinski definition) is 2. The number of allylic oxidation sites excluding steroid dienone is 3. The van der Waals surface area contributed by atoms with E-state index in [1.54, 1.807) is 0 Å². The smallest absolute Gasteiger partial charge is 0.306 e. The van der Waals surface area contributed by atoms with Gasteiger partial charge >= 0.3 is 5.97 Å². The molecule has 0 radical (unpaired) electrons. The molecule has 0 bridgehead atoms. The summed E-state index contributed by atoms with van der Waals surface area (Å²) in [6.45, 7) is 2.27. The molecule has 0 saturated heterocycles. The molecular formula is C15H18O2. The van der Waals surface area contributed by atoms with Crippen LogP contribution in [-0.4, -0.2) is 12.6 Å². The number of hydrogen-bond donors (Lipinski definition) is 0. The van der Waals surface area contributed by atoms with Crippen LogP contribution in [0.5, 0.6) is 0 Å². The van der Waals surface area contributed by atoms with Gasteiger partial charge in [0.15, 0.2) is 0 Å². The molecule has 0 aliphatic carbocycles. The van der Waals surface area contributed by atoms with Crippen molar-refractivity contribution in [2.24, 2.45) is 0 Å². The highest BCUT2D eigenvalue weighted by molar-refractivity contribution is 5.69. The molecule has 0 fully saturated rings. The standard InChI is InChI=1S/C15H18O2/c1-2-17-15(16)13-9-4-3-6-10-14-11-7-5-8-12-14/h3-8,10-12H,2,9,13H2,1H3/b4-3+,10-6+. The number of ether oxygens (including phenoxy) is 1. The molecule has 1 aromatic rings. The van der Waals surface area contributed by atoms with Crippen LogP contribution in [0.1, 0.15) is 25.3 Å². The Morgan fingerprint density at radius 2 is 2.00 bits per heavy atom. The third-order valence-corrected chi connectivity index (χ3v) is 2.16. The second kappa shape index (κ2) is 8.34. The van der Waals surface area contributed by atoms with Gasteiger partial charge < -0.3 is 4.74 Å². The second-order valence-corrected chi connectivity index (χ2v) is 3.54. The monoisotopic (exact) mass is 230 g/mol. The van der Waals surface area contributed by atoms with Crippen LogP contribution < -0.4 is 0 Å². The zero-order chi connectivity index (χ0) is 12.3. The minimum absolute atomic E-state index is 0.135. The summed E-state index contributed by atoms with van der Waals surface area (Å²) in [5.74, 6) is -0.135. The fourth-order valence-electron chi connectivity index (χ4n) is 1.34. The Morgan fingerprint density at radius 3 is 2.71 bits per heavy atom. The molecule has 0 unspecified atom stereocenters. The van der Waals surface area contributed by atoms with Crippen molar-refractivity contribution in [3.63, 3.8) is 0 Å². The van der Waals surface area contributed by atoms with Gasteiger partial charge in [0, 0.05) is 6.42 Å². The predicted octanol–water partition coefficient (Wildman–Crippen LogP) is 3.60. The molecule has 0 aromatic heterocycles. The fraction of sp³-hybridized carbons (Fsp3) is 0.267. The van der Waals surface area contributed by atoms with E-state index >= 15 is 0 Å². The van der Waals surface area contributed by atoms with Crippen molar-refractivity contribution in [1.82, 2.24) is 0 Å². The largest absolute Gasteiger partial charge is 0.466 e. The quantitative estimate of drug-likeness (QED) is 0.551. The lowest BCUT2D eigenvalue weighted by molar-refractivity contribution is -0.142. The van der Waals surface area contributed by atoms with Crippen LogP contribution in [0.2, 0.25) is 0 Å². The van der Waals surface area contributed by atoms with Gasteiger partial charge in [-0.05, 0) is 18.9 Å². The van der Waals surface area contributed by atoms with Crippen molar-refractivity contribution in [2.45, 2.75) is 19.8 Å². The Bertz CT molecular complexity index is 377. The normalized spacial score (nSPS) is 11.1. The Hall–Kier alpha value is -1.83. The first-order chi connectivity index (χ1) is 8.33. The first-order valence-electron chi connectivity index (χ1n) is 5.87. The van der Waals surface area contributed by atoms with E-state index in [4.69, 9.17) is 4.74 Å². The third-order valence-electron chi connectivity index (χ3n) is 2.16. The molecule has 17 heavy (non-hydrogen) atoms. The molecular weight excluding hydrogens is 212 g/mol. The van der Waals surface area contributed by atoms with E-state index in [9.17, 15) is 4.79 Å². The van der Waals surface area contributed by atoms with E-state index in [-0.39, 0.29) is 5.97 Å². The molecule has 1 aromatic carbocycles. The molecule has 0 aliphatic rings. The van der Waals surface area contributed by atoms with Crippen molar-refractivity contribution < 1.29 is 9.53 Å². The number of carbonyl (C=O) groups is 1. The molecule has 0 heterocycles. The molecule has 0 N–H and O–H groups in total. The average Bonchev–Trinajstić information content (AvgIpc) is 2.35. The van der Waals surface area contributed by atoms with Crippen molar-refractivity contribution >= 4 is 12.0 Å². The Balaban J connectivity index is 2.22. The lowest BCUT2D eigenvalue weighted by Crippen LogP contribution is -2.02. The highest BCUT2D eigenvalue weighted by Crippen LogP contribution is 2.01. The summed E-state index contributed by atoms with van der Waals surface area (Å²) in [4.78, 5) is 11.0. The van der Waals surface area contributed by atoms with Crippen LogP contribution in [0.3, 0.4) is 0 Å². The number of carbonyl (C=O) groups excluding carboxylic acids is 1. The van der Waals surface area contributed by atoms with Crippen molar-refractivity contribution in [2.75, 3.05) is 6.61 Å². The van der Waals surface area contributed by atoms with E-state index in [1.807, 2.05) is 61.6 Å². The molecule has 2 heteroatoms. The van der Waals surface area contributed by atoms with Crippen LogP contribution in [0, 0.1) is 0 Å². The minimum Gasteiger partial charge on any atom is -0.466 e. The molecule has 1 rings (SSSR count). The zero-order valence-corrected chi connectivity index (χ0v) is 10.1. The first-order valence-corrected chi connectivity index (χ1v) is 5.87. The van der Waals surface area contributed by atoms with Gasteiger partial charge in [-0.1, -0.05) is 54.6 Å².